The monoisotopic (exact) mass is 590 g/mol. The lowest BCUT2D eigenvalue weighted by Crippen LogP contribution is -2.45. The summed E-state index contributed by atoms with van der Waals surface area (Å²) in [5.41, 5.74) is -0.463. The summed E-state index contributed by atoms with van der Waals surface area (Å²) < 4.78 is 57.3. The summed E-state index contributed by atoms with van der Waals surface area (Å²) in [7, 11) is 6.45. The van der Waals surface area contributed by atoms with E-state index in [-0.39, 0.29) is 0 Å². The van der Waals surface area contributed by atoms with E-state index in [9.17, 15) is 5.11 Å². The van der Waals surface area contributed by atoms with Gasteiger partial charge >= 0.3 is 26.4 Å². The fourth-order valence-electron chi connectivity index (χ4n) is 4.59. The van der Waals surface area contributed by atoms with Crippen molar-refractivity contribution in [1.82, 2.24) is 0 Å². The zero-order valence-electron chi connectivity index (χ0n) is 24.9. The van der Waals surface area contributed by atoms with Gasteiger partial charge in [0.05, 0.1) is 11.7 Å². The minimum atomic E-state index is -2.73. The van der Waals surface area contributed by atoms with Crippen molar-refractivity contribution in [3.05, 3.63) is 0 Å². The highest BCUT2D eigenvalue weighted by Crippen LogP contribution is 2.35. The Hall–Kier alpha value is 0.211. The largest absolute Gasteiger partial charge is 0.500 e. The quantitative estimate of drug-likeness (QED) is 0.158. The summed E-state index contributed by atoms with van der Waals surface area (Å²) in [4.78, 5) is 0. The van der Waals surface area contributed by atoms with Crippen molar-refractivity contribution in [2.75, 3.05) is 70.6 Å². The molecule has 0 aromatic rings. The van der Waals surface area contributed by atoms with Gasteiger partial charge in [-0.2, -0.15) is 0 Å². The average Bonchev–Trinajstić information content (AvgIpc) is 2.92. The molecule has 1 N–H and O–H groups in total. The maximum atomic E-state index is 9.87. The van der Waals surface area contributed by atoms with E-state index >= 15 is 0 Å². The number of rotatable bonds is 25. The van der Waals surface area contributed by atoms with Crippen LogP contribution in [0.2, 0.25) is 18.1 Å². The van der Waals surface area contributed by atoms with Crippen molar-refractivity contribution in [3.63, 3.8) is 0 Å². The lowest BCUT2D eigenvalue weighted by Gasteiger charge is -2.37. The Labute approximate surface area is 228 Å². The molecular weight excluding hydrogens is 537 g/mol. The SMILES string of the molecule is CO[Si](CCCC(CCC[Si](OC)(OC)OC)(CCC[Si](OC)(OC)OC)OCCC(C)O)(OC)OC. The second-order valence-corrected chi connectivity index (χ2v) is 18.4. The second kappa shape index (κ2) is 19.3. The van der Waals surface area contributed by atoms with Crippen molar-refractivity contribution in [2.24, 2.45) is 0 Å². The van der Waals surface area contributed by atoms with Gasteiger partial charge in [0, 0.05) is 88.7 Å². The highest BCUT2D eigenvalue weighted by atomic mass is 28.4. The first-order valence-corrected chi connectivity index (χ1v) is 18.7. The summed E-state index contributed by atoms with van der Waals surface area (Å²) in [6.07, 6.45) is 4.77. The molecule has 0 amide bonds. The molecule has 0 bridgehead atoms. The molecule has 0 aromatic carbocycles. The number of aliphatic hydroxyl groups excluding tert-OH is 1. The Morgan fingerprint density at radius 3 is 1.03 bits per heavy atom. The number of aliphatic hydroxyl groups is 1. The summed E-state index contributed by atoms with van der Waals surface area (Å²) in [5, 5.41) is 9.87. The van der Waals surface area contributed by atoms with E-state index in [1.54, 1.807) is 70.9 Å². The molecule has 0 rings (SSSR count). The molecule has 37 heavy (non-hydrogen) atoms. The summed E-state index contributed by atoms with van der Waals surface area (Å²) in [5.74, 6) is 0. The molecule has 14 heteroatoms. The van der Waals surface area contributed by atoms with Gasteiger partial charge in [-0.25, -0.2) is 0 Å². The molecule has 0 aliphatic rings. The van der Waals surface area contributed by atoms with E-state index in [2.05, 4.69) is 0 Å². The molecule has 0 radical (unpaired) electrons. The van der Waals surface area contributed by atoms with Crippen LogP contribution in [-0.4, -0.2) is 114 Å². The Bertz CT molecular complexity index is 471. The van der Waals surface area contributed by atoms with Gasteiger partial charge < -0.3 is 49.7 Å². The molecule has 0 fully saturated rings. The van der Waals surface area contributed by atoms with E-state index < -0.39 is 38.1 Å². The molecule has 0 aliphatic heterocycles. The van der Waals surface area contributed by atoms with Crippen molar-refractivity contribution >= 4 is 26.4 Å². The van der Waals surface area contributed by atoms with Gasteiger partial charge in [0.1, 0.15) is 0 Å². The summed E-state index contributed by atoms with van der Waals surface area (Å²) in [6, 6.07) is 1.99. The third kappa shape index (κ3) is 12.5. The summed E-state index contributed by atoms with van der Waals surface area (Å²) >= 11 is 0. The first-order chi connectivity index (χ1) is 17.6. The van der Waals surface area contributed by atoms with Crippen LogP contribution in [0.1, 0.15) is 51.9 Å². The molecule has 0 heterocycles. The Morgan fingerprint density at radius 1 is 0.541 bits per heavy atom. The lowest BCUT2D eigenvalue weighted by atomic mass is 9.87. The van der Waals surface area contributed by atoms with E-state index in [1.807, 2.05) is 0 Å². The van der Waals surface area contributed by atoms with Crippen LogP contribution in [0.4, 0.5) is 0 Å². The van der Waals surface area contributed by atoms with Gasteiger partial charge in [-0.1, -0.05) is 0 Å². The smallest absolute Gasteiger partial charge is 0.393 e. The van der Waals surface area contributed by atoms with Crippen molar-refractivity contribution in [1.29, 1.82) is 0 Å². The fourth-order valence-corrected chi connectivity index (χ4v) is 9.75. The third-order valence-electron chi connectivity index (χ3n) is 7.09. The zero-order valence-corrected chi connectivity index (χ0v) is 27.9. The molecule has 1 atom stereocenters. The van der Waals surface area contributed by atoms with Gasteiger partial charge in [0.2, 0.25) is 0 Å². The minimum absolute atomic E-state index is 0.445. The van der Waals surface area contributed by atoms with Crippen LogP contribution in [-0.2, 0) is 44.6 Å². The molecule has 0 saturated heterocycles. The van der Waals surface area contributed by atoms with Crippen LogP contribution >= 0.6 is 0 Å². The number of hydrogen-bond acceptors (Lipinski definition) is 11. The third-order valence-corrected chi connectivity index (χ3v) is 15.6. The van der Waals surface area contributed by atoms with Crippen molar-refractivity contribution < 1.29 is 49.7 Å². The zero-order chi connectivity index (χ0) is 28.4. The topological polar surface area (TPSA) is 113 Å². The Morgan fingerprint density at radius 2 is 0.811 bits per heavy atom. The van der Waals surface area contributed by atoms with Crippen LogP contribution in [0.3, 0.4) is 0 Å². The molecule has 0 aliphatic carbocycles. The highest BCUT2D eigenvalue weighted by molar-refractivity contribution is 6.61. The number of hydrogen-bond donors (Lipinski definition) is 1. The highest BCUT2D eigenvalue weighted by Gasteiger charge is 2.43. The van der Waals surface area contributed by atoms with Gasteiger partial charge in [0.15, 0.2) is 0 Å². The first kappa shape index (κ1) is 37.2. The van der Waals surface area contributed by atoms with E-state index in [1.165, 1.54) is 0 Å². The van der Waals surface area contributed by atoms with Crippen molar-refractivity contribution in [3.8, 4) is 0 Å². The van der Waals surface area contributed by atoms with E-state index in [0.29, 0.717) is 31.2 Å². The predicted molar refractivity (Wildman–Crippen MR) is 147 cm³/mol. The van der Waals surface area contributed by atoms with Crippen LogP contribution < -0.4 is 0 Å². The molecule has 1 unspecified atom stereocenters. The Balaban J connectivity index is 5.83. The minimum Gasteiger partial charge on any atom is -0.393 e. The maximum absolute atomic E-state index is 9.87. The summed E-state index contributed by atoms with van der Waals surface area (Å²) in [6.45, 7) is 2.22. The number of ether oxygens (including phenoxy) is 1. The van der Waals surface area contributed by atoms with Gasteiger partial charge in [-0.15, -0.1) is 0 Å². The van der Waals surface area contributed by atoms with Crippen molar-refractivity contribution in [2.45, 2.75) is 81.7 Å². The van der Waals surface area contributed by atoms with Crippen LogP contribution in [0.25, 0.3) is 0 Å². The molecular formula is C23H54O11Si3. The second-order valence-electron chi connectivity index (χ2n) is 9.12. The molecule has 0 saturated carbocycles. The lowest BCUT2D eigenvalue weighted by molar-refractivity contribution is -0.0741. The van der Waals surface area contributed by atoms with E-state index in [0.717, 1.165) is 38.5 Å². The molecule has 0 aromatic heterocycles. The average molecular weight is 591 g/mol. The van der Waals surface area contributed by atoms with Gasteiger partial charge in [0.25, 0.3) is 0 Å². The molecule has 11 nitrogen and oxygen atoms in total. The van der Waals surface area contributed by atoms with Crippen LogP contribution in [0.15, 0.2) is 0 Å². The fraction of sp³-hybridized carbons (Fsp3) is 1.00. The molecule has 224 valence electrons. The van der Waals surface area contributed by atoms with Crippen LogP contribution in [0.5, 0.6) is 0 Å². The normalized spacial score (nSPS) is 14.4. The van der Waals surface area contributed by atoms with Gasteiger partial charge in [-0.05, 0) is 51.9 Å². The van der Waals surface area contributed by atoms with Gasteiger partial charge in [-0.3, -0.25) is 0 Å². The predicted octanol–water partition coefficient (Wildman–Crippen LogP) is 3.49. The first-order valence-electron chi connectivity index (χ1n) is 12.9. The maximum Gasteiger partial charge on any atom is 0.500 e. The van der Waals surface area contributed by atoms with Crippen LogP contribution in [0, 0.1) is 0 Å². The standard InChI is InChI=1S/C23H54O11Si3/c1-22(24)14-18-34-23(15-11-19-35(25-2,26-3)27-4,16-12-20-36(28-5,29-6)30-7)17-13-21-37(31-8,32-9)33-10/h22,24H,11-21H2,1-10H3. The molecule has 0 spiro atoms. The van der Waals surface area contributed by atoms with E-state index in [4.69, 9.17) is 44.6 Å². The Kier molecular flexibility index (Phi) is 19.4.